The van der Waals surface area contributed by atoms with Crippen molar-refractivity contribution >= 4 is 11.4 Å². The number of nitriles is 1. The number of nitrogens with two attached hydrogens (primary N) is 1. The minimum Gasteiger partial charge on any atom is -0.370 e. The Morgan fingerprint density at radius 3 is 2.38 bits per heavy atom. The van der Waals surface area contributed by atoms with Crippen molar-refractivity contribution in [2.75, 3.05) is 49.1 Å². The Kier molecular flexibility index (Phi) is 6.03. The molecule has 2 aliphatic rings. The molecule has 0 spiro atoms. The fourth-order valence-electron chi connectivity index (χ4n) is 4.42. The van der Waals surface area contributed by atoms with Crippen LogP contribution in [0.25, 0.3) is 0 Å². The Balaban J connectivity index is 1.42. The molecule has 4 rings (SSSR count). The minimum absolute atomic E-state index is 0.248. The van der Waals surface area contributed by atoms with E-state index < -0.39 is 0 Å². The van der Waals surface area contributed by atoms with Crippen LogP contribution in [0.15, 0.2) is 42.5 Å². The van der Waals surface area contributed by atoms with Gasteiger partial charge in [-0.25, -0.2) is 0 Å². The van der Waals surface area contributed by atoms with Crippen LogP contribution in [-0.4, -0.2) is 50.2 Å². The number of piperidine rings is 1. The van der Waals surface area contributed by atoms with Crippen LogP contribution >= 0.6 is 0 Å². The van der Waals surface area contributed by atoms with Gasteiger partial charge in [0.1, 0.15) is 0 Å². The molecule has 2 fully saturated rings. The van der Waals surface area contributed by atoms with Gasteiger partial charge in [-0.1, -0.05) is 17.7 Å². The maximum absolute atomic E-state index is 9.59. The lowest BCUT2D eigenvalue weighted by Crippen LogP contribution is -2.46. The Morgan fingerprint density at radius 1 is 0.966 bits per heavy atom. The lowest BCUT2D eigenvalue weighted by atomic mass is 10.0. The molecule has 1 unspecified atom stereocenters. The van der Waals surface area contributed by atoms with Gasteiger partial charge < -0.3 is 15.5 Å². The van der Waals surface area contributed by atoms with E-state index in [4.69, 9.17) is 5.73 Å². The number of hydrogen-bond donors (Lipinski definition) is 1. The monoisotopic (exact) mass is 389 g/mol. The van der Waals surface area contributed by atoms with Gasteiger partial charge in [0.05, 0.1) is 11.6 Å². The molecule has 2 saturated heterocycles. The third-order valence-electron chi connectivity index (χ3n) is 6.20. The molecule has 1 atom stereocenters. The minimum atomic E-state index is 0.248. The first-order valence-electron chi connectivity index (χ1n) is 10.7. The van der Waals surface area contributed by atoms with E-state index >= 15 is 0 Å². The van der Waals surface area contributed by atoms with Gasteiger partial charge in [-0.2, -0.15) is 5.26 Å². The Hall–Kier alpha value is -2.55. The van der Waals surface area contributed by atoms with E-state index in [1.54, 1.807) is 0 Å². The van der Waals surface area contributed by atoms with Gasteiger partial charge in [0.25, 0.3) is 0 Å². The highest BCUT2D eigenvalue weighted by Crippen LogP contribution is 2.25. The van der Waals surface area contributed by atoms with Crippen LogP contribution in [0, 0.1) is 18.3 Å². The number of aryl methyl sites for hydroxylation is 1. The third kappa shape index (κ3) is 4.72. The summed E-state index contributed by atoms with van der Waals surface area (Å²) in [4.78, 5) is 7.29. The standard InChI is InChI=1S/C24H31N5/c1-19-4-7-23(8-5-19)28-13-11-27(12-14-28)17-21-15-24(9-6-20(21)16-25)29-10-2-3-22(26)18-29/h4-9,15,22H,2-3,10-14,17-18,26H2,1H3. The average Bonchev–Trinajstić information content (AvgIpc) is 2.75. The van der Waals surface area contributed by atoms with E-state index in [2.05, 4.69) is 64.1 Å². The van der Waals surface area contributed by atoms with Gasteiger partial charge in [0.2, 0.25) is 0 Å². The summed E-state index contributed by atoms with van der Waals surface area (Å²) in [6, 6.07) is 17.7. The molecule has 0 saturated carbocycles. The smallest absolute Gasteiger partial charge is 0.0995 e. The van der Waals surface area contributed by atoms with Crippen molar-refractivity contribution < 1.29 is 0 Å². The summed E-state index contributed by atoms with van der Waals surface area (Å²) < 4.78 is 0. The topological polar surface area (TPSA) is 59.5 Å². The van der Waals surface area contributed by atoms with Crippen LogP contribution in [0.4, 0.5) is 11.4 Å². The molecule has 2 heterocycles. The zero-order valence-electron chi connectivity index (χ0n) is 17.3. The van der Waals surface area contributed by atoms with Crippen LogP contribution in [0.1, 0.15) is 29.5 Å². The molecular weight excluding hydrogens is 358 g/mol. The summed E-state index contributed by atoms with van der Waals surface area (Å²) in [5, 5.41) is 9.59. The van der Waals surface area contributed by atoms with E-state index in [0.29, 0.717) is 0 Å². The van der Waals surface area contributed by atoms with Gasteiger partial charge >= 0.3 is 0 Å². The third-order valence-corrected chi connectivity index (χ3v) is 6.20. The van der Waals surface area contributed by atoms with Crippen molar-refractivity contribution in [3.05, 3.63) is 59.2 Å². The number of rotatable bonds is 4. The van der Waals surface area contributed by atoms with Crippen molar-refractivity contribution in [3.8, 4) is 6.07 Å². The fraction of sp³-hybridized carbons (Fsp3) is 0.458. The lowest BCUT2D eigenvalue weighted by Gasteiger charge is -2.36. The van der Waals surface area contributed by atoms with Gasteiger partial charge in [0, 0.05) is 63.2 Å². The zero-order valence-corrected chi connectivity index (χ0v) is 17.3. The number of nitrogens with zero attached hydrogens (tertiary/aromatic N) is 4. The van der Waals surface area contributed by atoms with E-state index in [1.165, 1.54) is 16.9 Å². The molecule has 0 aliphatic carbocycles. The summed E-state index contributed by atoms with van der Waals surface area (Å²) in [6.45, 7) is 8.97. The first-order valence-corrected chi connectivity index (χ1v) is 10.7. The second-order valence-corrected chi connectivity index (χ2v) is 8.40. The first-order chi connectivity index (χ1) is 14.1. The predicted molar refractivity (Wildman–Crippen MR) is 119 cm³/mol. The quantitative estimate of drug-likeness (QED) is 0.871. The molecule has 0 radical (unpaired) electrons. The summed E-state index contributed by atoms with van der Waals surface area (Å²) in [5.74, 6) is 0. The number of benzene rings is 2. The summed E-state index contributed by atoms with van der Waals surface area (Å²) >= 11 is 0. The van der Waals surface area contributed by atoms with Gasteiger partial charge in [-0.3, -0.25) is 4.90 Å². The molecule has 152 valence electrons. The average molecular weight is 390 g/mol. The molecule has 2 aromatic rings. The highest BCUT2D eigenvalue weighted by atomic mass is 15.3. The highest BCUT2D eigenvalue weighted by molar-refractivity contribution is 5.54. The second-order valence-electron chi connectivity index (χ2n) is 8.40. The molecule has 2 aromatic carbocycles. The van der Waals surface area contributed by atoms with Crippen LogP contribution in [-0.2, 0) is 6.54 Å². The summed E-state index contributed by atoms with van der Waals surface area (Å²) in [5.41, 5.74) is 11.9. The molecule has 0 bridgehead atoms. The van der Waals surface area contributed by atoms with Crippen LogP contribution < -0.4 is 15.5 Å². The molecule has 29 heavy (non-hydrogen) atoms. The molecule has 5 nitrogen and oxygen atoms in total. The Bertz CT molecular complexity index is 862. The van der Waals surface area contributed by atoms with Crippen LogP contribution in [0.5, 0.6) is 0 Å². The van der Waals surface area contributed by atoms with Crippen LogP contribution in [0.2, 0.25) is 0 Å². The largest absolute Gasteiger partial charge is 0.370 e. The zero-order chi connectivity index (χ0) is 20.2. The summed E-state index contributed by atoms with van der Waals surface area (Å²) in [6.07, 6.45) is 2.24. The second kappa shape index (κ2) is 8.86. The fourth-order valence-corrected chi connectivity index (χ4v) is 4.42. The molecule has 0 amide bonds. The Morgan fingerprint density at radius 2 is 1.69 bits per heavy atom. The van der Waals surface area contributed by atoms with E-state index in [-0.39, 0.29) is 6.04 Å². The van der Waals surface area contributed by atoms with Gasteiger partial charge in [-0.15, -0.1) is 0 Å². The number of hydrogen-bond acceptors (Lipinski definition) is 5. The number of piperazine rings is 1. The van der Waals surface area contributed by atoms with Crippen LogP contribution in [0.3, 0.4) is 0 Å². The first kappa shape index (κ1) is 19.8. The van der Waals surface area contributed by atoms with Crippen molar-refractivity contribution in [2.45, 2.75) is 32.4 Å². The normalized spacial score (nSPS) is 20.5. The van der Waals surface area contributed by atoms with Gasteiger partial charge in [-0.05, 0) is 55.7 Å². The molecule has 5 heteroatoms. The van der Waals surface area contributed by atoms with E-state index in [1.807, 2.05) is 6.07 Å². The van der Waals surface area contributed by atoms with Crippen molar-refractivity contribution in [1.29, 1.82) is 5.26 Å². The highest BCUT2D eigenvalue weighted by Gasteiger charge is 2.21. The van der Waals surface area contributed by atoms with Crippen molar-refractivity contribution in [3.63, 3.8) is 0 Å². The predicted octanol–water partition coefficient (Wildman–Crippen LogP) is 3.12. The van der Waals surface area contributed by atoms with Crippen molar-refractivity contribution in [1.82, 2.24) is 4.90 Å². The maximum Gasteiger partial charge on any atom is 0.0995 e. The summed E-state index contributed by atoms with van der Waals surface area (Å²) in [7, 11) is 0. The molecule has 0 aromatic heterocycles. The van der Waals surface area contributed by atoms with E-state index in [0.717, 1.165) is 69.8 Å². The van der Waals surface area contributed by atoms with E-state index in [9.17, 15) is 5.26 Å². The maximum atomic E-state index is 9.59. The lowest BCUT2D eigenvalue weighted by molar-refractivity contribution is 0.249. The van der Waals surface area contributed by atoms with Crippen molar-refractivity contribution in [2.24, 2.45) is 5.73 Å². The molecule has 2 N–H and O–H groups in total. The molecule has 2 aliphatic heterocycles. The van der Waals surface area contributed by atoms with Gasteiger partial charge in [0.15, 0.2) is 0 Å². The molecular formula is C24H31N5. The Labute approximate surface area is 174 Å². The number of anilines is 2. The SMILES string of the molecule is Cc1ccc(N2CCN(Cc3cc(N4CCCC(N)C4)ccc3C#N)CC2)cc1.